The molecule has 1 saturated heterocycles. The summed E-state index contributed by atoms with van der Waals surface area (Å²) in [5.41, 5.74) is 2.92. The predicted molar refractivity (Wildman–Crippen MR) is 143 cm³/mol. The first kappa shape index (κ1) is 24.0. The number of Topliss-reactive ketones (excluding diaryl/α,β-unsaturated/α-hetero) is 1. The van der Waals surface area contributed by atoms with E-state index in [4.69, 9.17) is 16.3 Å². The van der Waals surface area contributed by atoms with Crippen LogP contribution in [0.2, 0.25) is 5.02 Å². The van der Waals surface area contributed by atoms with Gasteiger partial charge in [-0.25, -0.2) is 4.98 Å². The van der Waals surface area contributed by atoms with Gasteiger partial charge < -0.3 is 9.84 Å². The van der Waals surface area contributed by atoms with E-state index in [1.165, 1.54) is 16.2 Å². The molecule has 3 aromatic carbocycles. The topological polar surface area (TPSA) is 79.7 Å². The average molecular weight is 519 g/mol. The molecule has 0 aliphatic carbocycles. The van der Waals surface area contributed by atoms with Gasteiger partial charge >= 0.3 is 5.91 Å². The van der Waals surface area contributed by atoms with Crippen molar-refractivity contribution in [2.24, 2.45) is 0 Å². The lowest BCUT2D eigenvalue weighted by molar-refractivity contribution is -0.132. The van der Waals surface area contributed by atoms with Crippen molar-refractivity contribution in [2.45, 2.75) is 25.8 Å². The summed E-state index contributed by atoms with van der Waals surface area (Å²) in [5.74, 6) is -0.776. The number of aliphatic hydroxyl groups is 1. The number of methoxy groups -OCH3 is 1. The van der Waals surface area contributed by atoms with Gasteiger partial charge in [0, 0.05) is 10.6 Å². The Hall–Kier alpha value is -3.68. The Kier molecular flexibility index (Phi) is 6.28. The zero-order chi connectivity index (χ0) is 25.6. The summed E-state index contributed by atoms with van der Waals surface area (Å²) in [4.78, 5) is 32.8. The summed E-state index contributed by atoms with van der Waals surface area (Å²) in [7, 11) is 1.58. The molecule has 182 valence electrons. The molecule has 1 atom stereocenters. The highest BCUT2D eigenvalue weighted by atomic mass is 35.5. The van der Waals surface area contributed by atoms with Crippen LogP contribution in [0.4, 0.5) is 5.13 Å². The Balaban J connectivity index is 1.70. The van der Waals surface area contributed by atoms with E-state index in [0.717, 1.165) is 10.3 Å². The van der Waals surface area contributed by atoms with Crippen LogP contribution < -0.4 is 9.64 Å². The number of thiazole rings is 1. The van der Waals surface area contributed by atoms with Crippen molar-refractivity contribution in [3.05, 3.63) is 94.0 Å². The van der Waals surface area contributed by atoms with Gasteiger partial charge in [0.05, 0.1) is 28.9 Å². The largest absolute Gasteiger partial charge is 0.507 e. The van der Waals surface area contributed by atoms with E-state index in [9.17, 15) is 14.7 Å². The molecule has 2 heterocycles. The minimum atomic E-state index is -0.843. The van der Waals surface area contributed by atoms with E-state index < -0.39 is 17.7 Å². The van der Waals surface area contributed by atoms with Crippen LogP contribution in [0.1, 0.15) is 42.5 Å². The Morgan fingerprint density at radius 3 is 2.39 bits per heavy atom. The summed E-state index contributed by atoms with van der Waals surface area (Å²) < 4.78 is 6.13. The summed E-state index contributed by atoms with van der Waals surface area (Å²) in [6.45, 7) is 4.19. The Morgan fingerprint density at radius 2 is 1.75 bits per heavy atom. The molecule has 1 N–H and O–H groups in total. The van der Waals surface area contributed by atoms with Crippen LogP contribution in [-0.4, -0.2) is 28.9 Å². The highest BCUT2D eigenvalue weighted by Crippen LogP contribution is 2.44. The molecule has 1 aromatic heterocycles. The molecular formula is C28H23ClN2O4S. The fourth-order valence-corrected chi connectivity index (χ4v) is 5.44. The molecule has 1 aliphatic rings. The summed E-state index contributed by atoms with van der Waals surface area (Å²) in [6, 6.07) is 18.8. The number of ketones is 1. The molecule has 0 bridgehead atoms. The normalized spacial score (nSPS) is 17.4. The molecular weight excluding hydrogens is 496 g/mol. The second-order valence-electron chi connectivity index (χ2n) is 8.83. The van der Waals surface area contributed by atoms with Gasteiger partial charge in [0.25, 0.3) is 5.78 Å². The van der Waals surface area contributed by atoms with Gasteiger partial charge in [-0.1, -0.05) is 61.1 Å². The first-order valence-corrected chi connectivity index (χ1v) is 12.6. The maximum Gasteiger partial charge on any atom is 0.301 e. The van der Waals surface area contributed by atoms with Crippen LogP contribution in [0.3, 0.4) is 0 Å². The molecule has 36 heavy (non-hydrogen) atoms. The third kappa shape index (κ3) is 4.14. The third-order valence-corrected chi connectivity index (χ3v) is 7.54. The number of anilines is 1. The quantitative estimate of drug-likeness (QED) is 0.180. The number of carbonyl (C=O) groups is 2. The van der Waals surface area contributed by atoms with Crippen LogP contribution in [0.15, 0.2) is 72.3 Å². The number of rotatable bonds is 5. The van der Waals surface area contributed by atoms with E-state index in [1.54, 1.807) is 37.4 Å². The van der Waals surface area contributed by atoms with Crippen LogP contribution in [0.5, 0.6) is 5.75 Å². The monoisotopic (exact) mass is 518 g/mol. The predicted octanol–water partition coefficient (Wildman–Crippen LogP) is 6.71. The maximum atomic E-state index is 13.4. The molecule has 8 heteroatoms. The average Bonchev–Trinajstić information content (AvgIpc) is 3.41. The van der Waals surface area contributed by atoms with Crippen LogP contribution in [-0.2, 0) is 9.59 Å². The van der Waals surface area contributed by atoms with Gasteiger partial charge in [-0.05, 0) is 59.5 Å². The van der Waals surface area contributed by atoms with Crippen molar-refractivity contribution in [1.82, 2.24) is 4.98 Å². The number of fused-ring (bicyclic) bond motifs is 1. The SMILES string of the molecule is COc1ccc2nc(N3C(=O)C(=O)C(=C(O)c4ccc(Cl)cc4)[C@H]3c3ccc(C(C)C)cc3)sc2c1. The van der Waals surface area contributed by atoms with Crippen molar-refractivity contribution in [2.75, 3.05) is 12.0 Å². The number of ether oxygens (including phenoxy) is 1. The molecule has 0 spiro atoms. The van der Waals surface area contributed by atoms with Crippen molar-refractivity contribution < 1.29 is 19.4 Å². The molecule has 1 amide bonds. The number of aliphatic hydroxyl groups excluding tert-OH is 1. The zero-order valence-corrected chi connectivity index (χ0v) is 21.4. The lowest BCUT2D eigenvalue weighted by atomic mass is 9.93. The minimum absolute atomic E-state index is 0.0106. The van der Waals surface area contributed by atoms with Crippen LogP contribution in [0.25, 0.3) is 16.0 Å². The van der Waals surface area contributed by atoms with Crippen LogP contribution >= 0.6 is 22.9 Å². The van der Waals surface area contributed by atoms with E-state index in [-0.39, 0.29) is 11.3 Å². The number of hydrogen-bond acceptors (Lipinski definition) is 6. The summed E-state index contributed by atoms with van der Waals surface area (Å²) >= 11 is 7.30. The molecule has 0 radical (unpaired) electrons. The number of benzene rings is 3. The number of halogens is 1. The zero-order valence-electron chi connectivity index (χ0n) is 19.9. The van der Waals surface area contributed by atoms with Gasteiger partial charge in [-0.2, -0.15) is 0 Å². The Labute approximate surface area is 217 Å². The molecule has 5 rings (SSSR count). The van der Waals surface area contributed by atoms with E-state index in [0.29, 0.717) is 38.5 Å². The number of nitrogens with zero attached hydrogens (tertiary/aromatic N) is 2. The second kappa shape index (κ2) is 9.41. The molecule has 4 aromatic rings. The first-order valence-electron chi connectivity index (χ1n) is 11.4. The van der Waals surface area contributed by atoms with E-state index in [2.05, 4.69) is 18.8 Å². The van der Waals surface area contributed by atoms with Crippen LogP contribution in [0, 0.1) is 0 Å². The Morgan fingerprint density at radius 1 is 1.06 bits per heavy atom. The number of carbonyl (C=O) groups excluding carboxylic acids is 2. The standard InChI is InChI=1S/C28H23ClN2O4S/c1-15(2)16-4-6-17(7-5-16)24-23(25(32)18-8-10-19(29)11-9-18)26(33)27(34)31(24)28-30-21-13-12-20(35-3)14-22(21)36-28/h4-15,24,32H,1-3H3/t24-/m1/s1. The summed E-state index contributed by atoms with van der Waals surface area (Å²) in [5, 5.41) is 12.1. The molecule has 0 unspecified atom stereocenters. The van der Waals surface area contributed by atoms with Gasteiger partial charge in [0.2, 0.25) is 0 Å². The number of aromatic nitrogens is 1. The molecule has 1 fully saturated rings. The number of amides is 1. The summed E-state index contributed by atoms with van der Waals surface area (Å²) in [6.07, 6.45) is 0. The van der Waals surface area contributed by atoms with E-state index in [1.807, 2.05) is 36.4 Å². The minimum Gasteiger partial charge on any atom is -0.507 e. The smallest absolute Gasteiger partial charge is 0.301 e. The maximum absolute atomic E-state index is 13.4. The van der Waals surface area contributed by atoms with Gasteiger partial charge in [-0.3, -0.25) is 14.5 Å². The second-order valence-corrected chi connectivity index (χ2v) is 10.3. The van der Waals surface area contributed by atoms with Gasteiger partial charge in [-0.15, -0.1) is 0 Å². The molecule has 0 saturated carbocycles. The van der Waals surface area contributed by atoms with Crippen molar-refractivity contribution in [3.8, 4) is 5.75 Å². The highest BCUT2D eigenvalue weighted by molar-refractivity contribution is 7.22. The fraction of sp³-hybridized carbons (Fsp3) is 0.179. The van der Waals surface area contributed by atoms with Gasteiger partial charge in [0.15, 0.2) is 5.13 Å². The lowest BCUT2D eigenvalue weighted by Gasteiger charge is -2.23. The van der Waals surface area contributed by atoms with Gasteiger partial charge in [0.1, 0.15) is 11.5 Å². The van der Waals surface area contributed by atoms with E-state index >= 15 is 0 Å². The Bertz CT molecular complexity index is 1510. The lowest BCUT2D eigenvalue weighted by Crippen LogP contribution is -2.29. The number of hydrogen-bond donors (Lipinski definition) is 1. The molecule has 6 nitrogen and oxygen atoms in total. The van der Waals surface area contributed by atoms with Crippen molar-refractivity contribution in [3.63, 3.8) is 0 Å². The fourth-order valence-electron chi connectivity index (χ4n) is 4.29. The van der Waals surface area contributed by atoms with Crippen molar-refractivity contribution >= 4 is 55.7 Å². The first-order chi connectivity index (χ1) is 17.3. The highest BCUT2D eigenvalue weighted by Gasteiger charge is 2.48. The van der Waals surface area contributed by atoms with Crippen molar-refractivity contribution in [1.29, 1.82) is 0 Å². The molecule has 1 aliphatic heterocycles. The third-order valence-electron chi connectivity index (χ3n) is 6.27.